The van der Waals surface area contributed by atoms with Crippen molar-refractivity contribution in [2.45, 2.75) is 36.8 Å². The van der Waals surface area contributed by atoms with Crippen LogP contribution in [0.3, 0.4) is 0 Å². The predicted octanol–water partition coefficient (Wildman–Crippen LogP) is 2.84. The molecule has 1 saturated carbocycles. The Morgan fingerprint density at radius 1 is 1.15 bits per heavy atom. The molecule has 1 aliphatic carbocycles. The van der Waals surface area contributed by atoms with E-state index >= 15 is 0 Å². The standard InChI is InChI=1S/C23H25F3N6O2/c1-30-8-5-14(6-9-30)19-28-29-20(34-19)21-11-22(21,23(24,25)26)13-32(12-21)16-10-17(33)31(2)18-15(16)4-3-7-27-18/h3-4,7,10,14H,5-6,8-9,11-13H2,1-2H3/t21-,22-/m0/s1. The molecule has 0 radical (unpaired) electrons. The van der Waals surface area contributed by atoms with Crippen LogP contribution in [0.4, 0.5) is 18.9 Å². The smallest absolute Gasteiger partial charge is 0.397 e. The van der Waals surface area contributed by atoms with Crippen LogP contribution in [-0.4, -0.2) is 64.1 Å². The molecule has 34 heavy (non-hydrogen) atoms. The van der Waals surface area contributed by atoms with E-state index in [-0.39, 0.29) is 36.9 Å². The quantitative estimate of drug-likeness (QED) is 0.578. The topological polar surface area (TPSA) is 80.3 Å². The van der Waals surface area contributed by atoms with Crippen molar-refractivity contribution >= 4 is 16.7 Å². The van der Waals surface area contributed by atoms with Crippen molar-refractivity contribution in [3.63, 3.8) is 0 Å². The largest absolute Gasteiger partial charge is 0.424 e. The Hall–Kier alpha value is -2.95. The zero-order valence-corrected chi connectivity index (χ0v) is 19.0. The molecule has 3 aliphatic rings. The van der Waals surface area contributed by atoms with Gasteiger partial charge in [0.15, 0.2) is 0 Å². The van der Waals surface area contributed by atoms with E-state index in [0.29, 0.717) is 22.6 Å². The van der Waals surface area contributed by atoms with Gasteiger partial charge in [0.25, 0.3) is 5.56 Å². The summed E-state index contributed by atoms with van der Waals surface area (Å²) in [5.41, 5.74) is -2.72. The third-order valence-corrected chi connectivity index (χ3v) is 8.09. The van der Waals surface area contributed by atoms with Crippen LogP contribution >= 0.6 is 0 Å². The van der Waals surface area contributed by atoms with Crippen molar-refractivity contribution < 1.29 is 17.6 Å². The maximum atomic E-state index is 14.5. The van der Waals surface area contributed by atoms with Gasteiger partial charge in [0, 0.05) is 43.7 Å². The third kappa shape index (κ3) is 2.88. The van der Waals surface area contributed by atoms with E-state index in [4.69, 9.17) is 4.42 Å². The molecule has 2 aliphatic heterocycles. The third-order valence-electron chi connectivity index (χ3n) is 8.09. The highest BCUT2D eigenvalue weighted by atomic mass is 19.4. The molecule has 180 valence electrons. The molecule has 2 saturated heterocycles. The summed E-state index contributed by atoms with van der Waals surface area (Å²) in [7, 11) is 3.64. The van der Waals surface area contributed by atoms with Crippen molar-refractivity contribution in [3.8, 4) is 0 Å². The number of fused-ring (bicyclic) bond motifs is 2. The number of aryl methyl sites for hydroxylation is 1. The van der Waals surface area contributed by atoms with E-state index in [9.17, 15) is 18.0 Å². The normalized spacial score (nSPS) is 28.0. The summed E-state index contributed by atoms with van der Waals surface area (Å²) in [6.07, 6.45) is -1.29. The number of hydrogen-bond donors (Lipinski definition) is 0. The zero-order chi connectivity index (χ0) is 23.9. The Labute approximate surface area is 193 Å². The number of pyridine rings is 2. The molecule has 0 N–H and O–H groups in total. The fourth-order valence-corrected chi connectivity index (χ4v) is 5.94. The second-order valence-corrected chi connectivity index (χ2v) is 10.0. The van der Waals surface area contributed by atoms with Crippen molar-refractivity contribution in [2.24, 2.45) is 12.5 Å². The molecule has 11 heteroatoms. The SMILES string of the molecule is CN1CCC(c2nnc([C@]34CN(c5cc(=O)n(C)c6ncccc56)C[C@@]3(C(F)(F)F)C4)o2)CC1. The molecule has 0 amide bonds. The van der Waals surface area contributed by atoms with E-state index in [1.807, 2.05) is 7.05 Å². The number of halogens is 3. The van der Waals surface area contributed by atoms with E-state index in [0.717, 1.165) is 25.9 Å². The minimum atomic E-state index is -4.45. The highest BCUT2D eigenvalue weighted by Crippen LogP contribution is 2.75. The average Bonchev–Trinajstić information content (AvgIpc) is 3.13. The number of anilines is 1. The Kier molecular flexibility index (Phi) is 4.46. The molecule has 8 nitrogen and oxygen atoms in total. The Morgan fingerprint density at radius 2 is 1.91 bits per heavy atom. The summed E-state index contributed by atoms with van der Waals surface area (Å²) in [4.78, 5) is 20.7. The summed E-state index contributed by atoms with van der Waals surface area (Å²) in [6, 6.07) is 4.89. The highest BCUT2D eigenvalue weighted by molar-refractivity contribution is 5.90. The molecule has 2 atom stereocenters. The summed E-state index contributed by atoms with van der Waals surface area (Å²) >= 11 is 0. The number of rotatable bonds is 3. The van der Waals surface area contributed by atoms with Gasteiger partial charge >= 0.3 is 6.18 Å². The Balaban J connectivity index is 1.39. The summed E-state index contributed by atoms with van der Waals surface area (Å²) in [6.45, 7) is 1.56. The van der Waals surface area contributed by atoms with Gasteiger partial charge in [-0.2, -0.15) is 13.2 Å². The van der Waals surface area contributed by atoms with Crippen LogP contribution in [0.1, 0.15) is 37.0 Å². The molecular formula is C23H25F3N6O2. The van der Waals surface area contributed by atoms with Gasteiger partial charge in [-0.15, -0.1) is 10.2 Å². The first kappa shape index (κ1) is 21.6. The van der Waals surface area contributed by atoms with Gasteiger partial charge in [-0.3, -0.25) is 9.36 Å². The molecule has 5 heterocycles. The van der Waals surface area contributed by atoms with Crippen LogP contribution in [0, 0.1) is 5.41 Å². The van der Waals surface area contributed by atoms with E-state index in [2.05, 4.69) is 20.1 Å². The molecule has 0 unspecified atom stereocenters. The number of hydrogen-bond acceptors (Lipinski definition) is 7. The Bertz CT molecular complexity index is 1330. The molecular weight excluding hydrogens is 449 g/mol. The van der Waals surface area contributed by atoms with E-state index < -0.39 is 17.0 Å². The fourth-order valence-electron chi connectivity index (χ4n) is 5.94. The summed E-state index contributed by atoms with van der Waals surface area (Å²) < 4.78 is 50.8. The molecule has 3 aromatic rings. The van der Waals surface area contributed by atoms with Crippen molar-refractivity contribution in [3.05, 3.63) is 46.5 Å². The second-order valence-electron chi connectivity index (χ2n) is 10.0. The lowest BCUT2D eigenvalue weighted by Gasteiger charge is -2.26. The fraction of sp³-hybridized carbons (Fsp3) is 0.565. The van der Waals surface area contributed by atoms with Crippen LogP contribution < -0.4 is 10.5 Å². The first-order chi connectivity index (χ1) is 16.2. The number of likely N-dealkylation sites (tertiary alicyclic amines) is 1. The zero-order valence-electron chi connectivity index (χ0n) is 19.0. The average molecular weight is 474 g/mol. The van der Waals surface area contributed by atoms with Gasteiger partial charge < -0.3 is 14.2 Å². The number of nitrogens with zero attached hydrogens (tertiary/aromatic N) is 6. The second kappa shape index (κ2) is 7.03. The van der Waals surface area contributed by atoms with Crippen LogP contribution in [-0.2, 0) is 12.5 Å². The minimum absolute atomic E-state index is 0.0543. The first-order valence-corrected chi connectivity index (χ1v) is 11.4. The maximum absolute atomic E-state index is 14.5. The number of alkyl halides is 3. The summed E-state index contributed by atoms with van der Waals surface area (Å²) in [5, 5.41) is 8.97. The van der Waals surface area contributed by atoms with Crippen molar-refractivity contribution in [1.82, 2.24) is 24.6 Å². The van der Waals surface area contributed by atoms with E-state index in [1.54, 1.807) is 30.3 Å². The van der Waals surface area contributed by atoms with Crippen molar-refractivity contribution in [1.29, 1.82) is 0 Å². The van der Waals surface area contributed by atoms with Gasteiger partial charge in [-0.1, -0.05) is 0 Å². The summed E-state index contributed by atoms with van der Waals surface area (Å²) in [5.74, 6) is 0.562. The van der Waals surface area contributed by atoms with Crippen LogP contribution in [0.5, 0.6) is 0 Å². The number of piperidine rings is 2. The number of aromatic nitrogens is 4. The predicted molar refractivity (Wildman–Crippen MR) is 118 cm³/mol. The lowest BCUT2D eigenvalue weighted by atomic mass is 9.95. The van der Waals surface area contributed by atoms with Crippen LogP contribution in [0.15, 0.2) is 33.6 Å². The molecule has 3 aromatic heterocycles. The molecule has 0 aromatic carbocycles. The van der Waals surface area contributed by atoms with E-state index in [1.165, 1.54) is 10.6 Å². The Morgan fingerprint density at radius 3 is 2.65 bits per heavy atom. The highest BCUT2D eigenvalue weighted by Gasteiger charge is 2.86. The van der Waals surface area contributed by atoms with Crippen LogP contribution in [0.25, 0.3) is 11.0 Å². The van der Waals surface area contributed by atoms with Gasteiger partial charge in [-0.25, -0.2) is 4.98 Å². The molecule has 0 bridgehead atoms. The molecule has 3 fully saturated rings. The monoisotopic (exact) mass is 474 g/mol. The lowest BCUT2D eigenvalue weighted by Crippen LogP contribution is -2.34. The molecule has 0 spiro atoms. The lowest BCUT2D eigenvalue weighted by molar-refractivity contribution is -0.187. The van der Waals surface area contributed by atoms with Crippen molar-refractivity contribution in [2.75, 3.05) is 38.1 Å². The minimum Gasteiger partial charge on any atom is -0.424 e. The maximum Gasteiger partial charge on any atom is 0.397 e. The van der Waals surface area contributed by atoms with Gasteiger partial charge in [0.05, 0.1) is 11.1 Å². The van der Waals surface area contributed by atoms with Gasteiger partial charge in [-0.05, 0) is 51.5 Å². The van der Waals surface area contributed by atoms with Gasteiger partial charge in [0.1, 0.15) is 11.1 Å². The first-order valence-electron chi connectivity index (χ1n) is 11.4. The van der Waals surface area contributed by atoms with Gasteiger partial charge in [0.2, 0.25) is 11.8 Å². The molecule has 6 rings (SSSR count). The van der Waals surface area contributed by atoms with Crippen LogP contribution in [0.2, 0.25) is 0 Å².